The summed E-state index contributed by atoms with van der Waals surface area (Å²) in [5.41, 5.74) is 1.85. The maximum absolute atomic E-state index is 11.4. The third-order valence-electron chi connectivity index (χ3n) is 2.93. The third-order valence-corrected chi connectivity index (χ3v) is 2.93. The molecule has 86 valence electrons. The van der Waals surface area contributed by atoms with Crippen LogP contribution in [0, 0.1) is 5.92 Å². The van der Waals surface area contributed by atoms with Crippen molar-refractivity contribution in [3.05, 3.63) is 0 Å². The zero-order valence-electron chi connectivity index (χ0n) is 9.16. The molecule has 3 N–H and O–H groups in total. The number of likely N-dealkylation sites (N-methyl/N-ethyl adjacent to an activating group) is 1. The second-order valence-corrected chi connectivity index (χ2v) is 4.16. The highest BCUT2D eigenvalue weighted by Gasteiger charge is 2.21. The topological polar surface area (TPSA) is 75.4 Å². The van der Waals surface area contributed by atoms with E-state index < -0.39 is 11.8 Å². The molecule has 0 bridgehead atoms. The summed E-state index contributed by atoms with van der Waals surface area (Å²) in [6, 6.07) is 0. The van der Waals surface area contributed by atoms with E-state index in [2.05, 4.69) is 0 Å². The molecule has 0 spiro atoms. The molecule has 0 saturated heterocycles. The predicted molar refractivity (Wildman–Crippen MR) is 56.5 cm³/mol. The van der Waals surface area contributed by atoms with E-state index in [1.54, 1.807) is 7.05 Å². The Morgan fingerprint density at radius 1 is 1.33 bits per heavy atom. The van der Waals surface area contributed by atoms with Gasteiger partial charge in [-0.3, -0.25) is 15.0 Å². The lowest BCUT2D eigenvalue weighted by Crippen LogP contribution is -2.45. The van der Waals surface area contributed by atoms with Gasteiger partial charge in [0.05, 0.1) is 0 Å². The van der Waals surface area contributed by atoms with E-state index in [1.807, 2.05) is 5.43 Å². The molecule has 0 atom stereocenters. The largest absolute Gasteiger partial charge is 0.337 e. The normalized spacial score (nSPS) is 17.2. The van der Waals surface area contributed by atoms with Crippen LogP contribution >= 0.6 is 0 Å². The minimum atomic E-state index is -0.742. The van der Waals surface area contributed by atoms with Crippen LogP contribution in [0.2, 0.25) is 0 Å². The highest BCUT2D eigenvalue weighted by atomic mass is 16.2. The van der Waals surface area contributed by atoms with E-state index >= 15 is 0 Å². The van der Waals surface area contributed by atoms with E-state index in [-0.39, 0.29) is 0 Å². The molecule has 0 aromatic carbocycles. The Morgan fingerprint density at radius 2 is 1.93 bits per heavy atom. The molecule has 0 radical (unpaired) electrons. The molecule has 0 aromatic heterocycles. The van der Waals surface area contributed by atoms with Crippen LogP contribution in [0.15, 0.2) is 0 Å². The van der Waals surface area contributed by atoms with Crippen molar-refractivity contribution in [2.75, 3.05) is 13.6 Å². The maximum atomic E-state index is 11.4. The van der Waals surface area contributed by atoms with Crippen molar-refractivity contribution in [2.45, 2.75) is 32.1 Å². The van der Waals surface area contributed by atoms with E-state index in [0.29, 0.717) is 12.5 Å². The minimum absolute atomic E-state index is 0.540. The van der Waals surface area contributed by atoms with Crippen molar-refractivity contribution in [1.82, 2.24) is 10.3 Å². The van der Waals surface area contributed by atoms with Gasteiger partial charge in [0.15, 0.2) is 0 Å². The molecular formula is C10H19N3O2. The lowest BCUT2D eigenvalue weighted by Gasteiger charge is -2.26. The quantitative estimate of drug-likeness (QED) is 0.294. The van der Waals surface area contributed by atoms with E-state index in [4.69, 9.17) is 5.84 Å². The van der Waals surface area contributed by atoms with Gasteiger partial charge in [0.25, 0.3) is 0 Å². The van der Waals surface area contributed by atoms with Gasteiger partial charge >= 0.3 is 11.8 Å². The zero-order valence-corrected chi connectivity index (χ0v) is 9.16. The average molecular weight is 213 g/mol. The lowest BCUT2D eigenvalue weighted by atomic mass is 9.89. The number of nitrogens with two attached hydrogens (primary N) is 1. The Hall–Kier alpha value is -1.10. The lowest BCUT2D eigenvalue weighted by molar-refractivity contribution is -0.145. The van der Waals surface area contributed by atoms with Crippen LogP contribution in [0.1, 0.15) is 32.1 Å². The summed E-state index contributed by atoms with van der Waals surface area (Å²) in [6.45, 7) is 0.659. The van der Waals surface area contributed by atoms with Crippen LogP contribution in [0.5, 0.6) is 0 Å². The van der Waals surface area contributed by atoms with Crippen LogP contribution in [-0.4, -0.2) is 30.3 Å². The van der Waals surface area contributed by atoms with Gasteiger partial charge in [-0.15, -0.1) is 0 Å². The van der Waals surface area contributed by atoms with Gasteiger partial charge in [-0.25, -0.2) is 5.84 Å². The molecule has 1 fully saturated rings. The number of rotatable bonds is 2. The third kappa shape index (κ3) is 3.51. The number of hydrogen-bond donors (Lipinski definition) is 2. The van der Waals surface area contributed by atoms with Crippen LogP contribution < -0.4 is 11.3 Å². The molecule has 1 rings (SSSR count). The summed E-state index contributed by atoms with van der Waals surface area (Å²) in [4.78, 5) is 23.8. The van der Waals surface area contributed by atoms with Gasteiger partial charge in [-0.1, -0.05) is 19.3 Å². The fraction of sp³-hybridized carbons (Fsp3) is 0.800. The molecule has 1 aliphatic rings. The van der Waals surface area contributed by atoms with Crippen molar-refractivity contribution in [3.8, 4) is 0 Å². The standard InChI is InChI=1S/C10H19N3O2/c1-13(10(15)9(14)12-11)7-8-5-3-2-4-6-8/h8H,2-7,11H2,1H3,(H,12,14). The molecule has 5 heteroatoms. The van der Waals surface area contributed by atoms with Crippen LogP contribution in [0.25, 0.3) is 0 Å². The first-order chi connectivity index (χ1) is 7.15. The molecule has 15 heavy (non-hydrogen) atoms. The van der Waals surface area contributed by atoms with Crippen LogP contribution in [0.4, 0.5) is 0 Å². The first-order valence-corrected chi connectivity index (χ1v) is 5.41. The first-order valence-electron chi connectivity index (χ1n) is 5.41. The number of nitrogens with zero attached hydrogens (tertiary/aromatic N) is 1. The van der Waals surface area contributed by atoms with Crippen molar-refractivity contribution in [2.24, 2.45) is 11.8 Å². The fourth-order valence-corrected chi connectivity index (χ4v) is 2.08. The number of carbonyl (C=O) groups is 2. The Balaban J connectivity index is 2.36. The van der Waals surface area contributed by atoms with Gasteiger partial charge in [-0.2, -0.15) is 0 Å². The Bertz CT molecular complexity index is 237. The highest BCUT2D eigenvalue weighted by molar-refractivity contribution is 6.34. The summed E-state index contributed by atoms with van der Waals surface area (Å²) in [5.74, 6) is 4.14. The number of amides is 2. The summed E-state index contributed by atoms with van der Waals surface area (Å²) < 4.78 is 0. The molecule has 5 nitrogen and oxygen atoms in total. The van der Waals surface area contributed by atoms with E-state index in [9.17, 15) is 9.59 Å². The molecule has 2 amide bonds. The van der Waals surface area contributed by atoms with E-state index in [1.165, 1.54) is 24.2 Å². The molecule has 0 unspecified atom stereocenters. The molecule has 0 aromatic rings. The van der Waals surface area contributed by atoms with Gasteiger partial charge in [0.2, 0.25) is 0 Å². The summed E-state index contributed by atoms with van der Waals surface area (Å²) in [7, 11) is 1.65. The highest BCUT2D eigenvalue weighted by Crippen LogP contribution is 2.23. The zero-order chi connectivity index (χ0) is 11.3. The monoisotopic (exact) mass is 213 g/mol. The van der Waals surface area contributed by atoms with Crippen molar-refractivity contribution in [3.63, 3.8) is 0 Å². The van der Waals surface area contributed by atoms with Crippen LogP contribution in [0.3, 0.4) is 0 Å². The Kier molecular flexibility index (Phi) is 4.55. The van der Waals surface area contributed by atoms with E-state index in [0.717, 1.165) is 12.8 Å². The first kappa shape index (κ1) is 12.0. The van der Waals surface area contributed by atoms with Gasteiger partial charge in [0.1, 0.15) is 0 Å². The summed E-state index contributed by atoms with van der Waals surface area (Å²) in [6.07, 6.45) is 6.06. The van der Waals surface area contributed by atoms with Crippen molar-refractivity contribution in [1.29, 1.82) is 0 Å². The number of hydrogen-bond acceptors (Lipinski definition) is 3. The second kappa shape index (κ2) is 5.70. The smallest absolute Gasteiger partial charge is 0.323 e. The molecule has 1 aliphatic carbocycles. The number of carbonyl (C=O) groups excluding carboxylic acids is 2. The average Bonchev–Trinajstić information content (AvgIpc) is 2.28. The summed E-state index contributed by atoms with van der Waals surface area (Å²) in [5, 5.41) is 0. The number of nitrogens with one attached hydrogen (secondary N) is 1. The molecule has 0 heterocycles. The predicted octanol–water partition coefficient (Wildman–Crippen LogP) is 0.0150. The molecule has 0 aliphatic heterocycles. The SMILES string of the molecule is CN(CC1CCCCC1)C(=O)C(=O)NN. The maximum Gasteiger partial charge on any atom is 0.323 e. The summed E-state index contributed by atoms with van der Waals surface area (Å²) >= 11 is 0. The van der Waals surface area contributed by atoms with Gasteiger partial charge in [0, 0.05) is 13.6 Å². The Morgan fingerprint density at radius 3 is 2.47 bits per heavy atom. The molecule has 1 saturated carbocycles. The van der Waals surface area contributed by atoms with Gasteiger partial charge < -0.3 is 4.90 Å². The second-order valence-electron chi connectivity index (χ2n) is 4.16. The van der Waals surface area contributed by atoms with Gasteiger partial charge in [-0.05, 0) is 18.8 Å². The number of hydrazine groups is 1. The fourth-order valence-electron chi connectivity index (χ4n) is 2.08. The molecular weight excluding hydrogens is 194 g/mol. The Labute approximate surface area is 90.0 Å². The van der Waals surface area contributed by atoms with Crippen molar-refractivity contribution < 1.29 is 9.59 Å². The minimum Gasteiger partial charge on any atom is -0.337 e. The van der Waals surface area contributed by atoms with Crippen molar-refractivity contribution >= 4 is 11.8 Å². The van der Waals surface area contributed by atoms with Crippen LogP contribution in [-0.2, 0) is 9.59 Å².